The molecule has 1 aliphatic heterocycles. The number of hydrazone groups is 1. The second kappa shape index (κ2) is 10.4. The molecule has 0 aliphatic carbocycles. The quantitative estimate of drug-likeness (QED) is 0.691. The maximum Gasteiger partial charge on any atom is 0.243 e. The van der Waals surface area contributed by atoms with E-state index in [1.165, 1.54) is 5.01 Å². The summed E-state index contributed by atoms with van der Waals surface area (Å²) in [4.78, 5) is 24.5. The average Bonchev–Trinajstić information content (AvgIpc) is 3.28. The number of carbonyl (C=O) groups is 2. The third kappa shape index (κ3) is 5.59. The minimum absolute atomic E-state index is 0.129. The molecule has 2 aromatic rings. The number of benzene rings is 2. The summed E-state index contributed by atoms with van der Waals surface area (Å²) in [5.74, 6) is 1.06. The fraction of sp³-hybridized carbons (Fsp3) is 0.348. The van der Waals surface area contributed by atoms with Gasteiger partial charge in [0.05, 0.1) is 26.5 Å². The van der Waals surface area contributed by atoms with Crippen LogP contribution in [0.1, 0.15) is 30.4 Å². The summed E-state index contributed by atoms with van der Waals surface area (Å²) in [7, 11) is 3.18. The van der Waals surface area contributed by atoms with Crippen molar-refractivity contribution >= 4 is 17.5 Å². The number of methoxy groups -OCH3 is 2. The lowest BCUT2D eigenvalue weighted by molar-refractivity contribution is -0.133. The molecule has 1 aliphatic rings. The Balaban J connectivity index is 1.41. The van der Waals surface area contributed by atoms with Gasteiger partial charge in [-0.3, -0.25) is 9.59 Å². The first-order valence-electron chi connectivity index (χ1n) is 10.0. The van der Waals surface area contributed by atoms with Crippen molar-refractivity contribution in [3.8, 4) is 11.5 Å². The van der Waals surface area contributed by atoms with E-state index in [1.807, 2.05) is 48.5 Å². The number of nitrogens with one attached hydrogen (secondary N) is 1. The number of nitrogens with zero attached hydrogens (tertiary/aromatic N) is 2. The molecule has 0 radical (unpaired) electrons. The number of hydrogen-bond donors (Lipinski definition) is 1. The van der Waals surface area contributed by atoms with E-state index in [-0.39, 0.29) is 24.7 Å². The fourth-order valence-corrected chi connectivity index (χ4v) is 3.29. The van der Waals surface area contributed by atoms with Crippen LogP contribution in [0.15, 0.2) is 53.6 Å². The van der Waals surface area contributed by atoms with Gasteiger partial charge in [0.1, 0.15) is 0 Å². The number of hydrogen-bond acceptors (Lipinski definition) is 5. The highest BCUT2D eigenvalue weighted by Gasteiger charge is 2.21. The molecule has 2 aromatic carbocycles. The van der Waals surface area contributed by atoms with Gasteiger partial charge in [-0.1, -0.05) is 36.4 Å². The molecular weight excluding hydrogens is 382 g/mol. The van der Waals surface area contributed by atoms with Gasteiger partial charge in [0.15, 0.2) is 11.5 Å². The van der Waals surface area contributed by atoms with E-state index in [9.17, 15) is 9.59 Å². The van der Waals surface area contributed by atoms with E-state index < -0.39 is 0 Å². The zero-order chi connectivity index (χ0) is 21.3. The number of carbonyl (C=O) groups excluding carboxylic acids is 2. The highest BCUT2D eigenvalue weighted by molar-refractivity contribution is 6.02. The summed E-state index contributed by atoms with van der Waals surface area (Å²) in [6.07, 6.45) is 1.69. The molecule has 0 unspecified atom stereocenters. The van der Waals surface area contributed by atoms with Crippen LogP contribution in [0.3, 0.4) is 0 Å². The summed E-state index contributed by atoms with van der Waals surface area (Å²) in [6, 6.07) is 15.5. The zero-order valence-corrected chi connectivity index (χ0v) is 17.4. The lowest BCUT2D eigenvalue weighted by Crippen LogP contribution is -2.29. The van der Waals surface area contributed by atoms with Crippen molar-refractivity contribution in [2.75, 3.05) is 27.3 Å². The first kappa shape index (κ1) is 21.4. The van der Waals surface area contributed by atoms with Crippen molar-refractivity contribution in [3.63, 3.8) is 0 Å². The van der Waals surface area contributed by atoms with Crippen molar-refractivity contribution in [3.05, 3.63) is 59.7 Å². The lowest BCUT2D eigenvalue weighted by Gasteiger charge is -2.12. The smallest absolute Gasteiger partial charge is 0.243 e. The summed E-state index contributed by atoms with van der Waals surface area (Å²) in [6.45, 7) is 1.05. The normalized spacial score (nSPS) is 13.0. The lowest BCUT2D eigenvalue weighted by atomic mass is 10.1. The van der Waals surface area contributed by atoms with Gasteiger partial charge in [-0.25, -0.2) is 5.01 Å². The third-order valence-electron chi connectivity index (χ3n) is 4.95. The van der Waals surface area contributed by atoms with Crippen LogP contribution in [0, 0.1) is 0 Å². The van der Waals surface area contributed by atoms with Gasteiger partial charge in [-0.05, 0) is 29.7 Å². The Hall–Kier alpha value is -3.35. The van der Waals surface area contributed by atoms with Crippen LogP contribution >= 0.6 is 0 Å². The van der Waals surface area contributed by atoms with Gasteiger partial charge >= 0.3 is 0 Å². The molecule has 3 rings (SSSR count). The second-order valence-corrected chi connectivity index (χ2v) is 6.97. The van der Waals surface area contributed by atoms with Crippen LogP contribution in [0.2, 0.25) is 0 Å². The Morgan fingerprint density at radius 3 is 2.53 bits per heavy atom. The van der Waals surface area contributed by atoms with Crippen molar-refractivity contribution in [2.24, 2.45) is 5.10 Å². The topological polar surface area (TPSA) is 80.2 Å². The Kier molecular flexibility index (Phi) is 7.43. The minimum atomic E-state index is -0.143. The van der Waals surface area contributed by atoms with Crippen LogP contribution in [-0.4, -0.2) is 49.8 Å². The molecule has 0 aromatic heterocycles. The summed E-state index contributed by atoms with van der Waals surface area (Å²) < 4.78 is 10.5. The molecule has 0 spiro atoms. The van der Waals surface area contributed by atoms with E-state index >= 15 is 0 Å². The van der Waals surface area contributed by atoms with Crippen molar-refractivity contribution in [1.82, 2.24) is 10.3 Å². The first-order chi connectivity index (χ1) is 14.6. The summed E-state index contributed by atoms with van der Waals surface area (Å²) >= 11 is 0. The van der Waals surface area contributed by atoms with Gasteiger partial charge in [0, 0.05) is 25.8 Å². The molecule has 7 heteroatoms. The monoisotopic (exact) mass is 409 g/mol. The molecule has 0 fully saturated rings. The predicted octanol–water partition coefficient (Wildman–Crippen LogP) is 2.78. The Labute approximate surface area is 176 Å². The van der Waals surface area contributed by atoms with Crippen molar-refractivity contribution in [2.45, 2.75) is 25.7 Å². The molecule has 1 heterocycles. The molecule has 0 atom stereocenters. The first-order valence-corrected chi connectivity index (χ1v) is 10.0. The molecule has 0 bridgehead atoms. The Morgan fingerprint density at radius 1 is 1.03 bits per heavy atom. The fourth-order valence-electron chi connectivity index (χ4n) is 3.29. The van der Waals surface area contributed by atoms with E-state index in [2.05, 4.69) is 10.4 Å². The molecule has 158 valence electrons. The van der Waals surface area contributed by atoms with E-state index in [4.69, 9.17) is 9.47 Å². The van der Waals surface area contributed by atoms with Crippen LogP contribution in [0.4, 0.5) is 0 Å². The van der Waals surface area contributed by atoms with Crippen molar-refractivity contribution < 1.29 is 19.1 Å². The molecular formula is C23H27N3O4. The van der Waals surface area contributed by atoms with Crippen LogP contribution in [-0.2, 0) is 16.0 Å². The Bertz CT molecular complexity index is 912. The minimum Gasteiger partial charge on any atom is -0.493 e. The van der Waals surface area contributed by atoms with Gasteiger partial charge < -0.3 is 14.8 Å². The summed E-state index contributed by atoms with van der Waals surface area (Å²) in [5.41, 5.74) is 2.97. The van der Waals surface area contributed by atoms with E-state index in [0.29, 0.717) is 31.0 Å². The molecule has 1 N–H and O–H groups in total. The zero-order valence-electron chi connectivity index (χ0n) is 17.4. The molecule has 0 saturated carbocycles. The number of ether oxygens (including phenoxy) is 2. The SMILES string of the molecule is COc1ccc(CCNC(=O)CCC(=O)N2CCC(c3ccccc3)=N2)cc1OC. The molecule has 0 saturated heterocycles. The van der Waals surface area contributed by atoms with Crippen LogP contribution < -0.4 is 14.8 Å². The predicted molar refractivity (Wildman–Crippen MR) is 115 cm³/mol. The van der Waals surface area contributed by atoms with Gasteiger partial charge in [0.2, 0.25) is 11.8 Å². The van der Waals surface area contributed by atoms with Crippen molar-refractivity contribution in [1.29, 1.82) is 0 Å². The highest BCUT2D eigenvalue weighted by atomic mass is 16.5. The van der Waals surface area contributed by atoms with Gasteiger partial charge in [-0.15, -0.1) is 0 Å². The largest absolute Gasteiger partial charge is 0.493 e. The van der Waals surface area contributed by atoms with Crippen LogP contribution in [0.25, 0.3) is 0 Å². The van der Waals surface area contributed by atoms with E-state index in [0.717, 1.165) is 23.3 Å². The van der Waals surface area contributed by atoms with Crippen LogP contribution in [0.5, 0.6) is 11.5 Å². The average molecular weight is 409 g/mol. The molecule has 2 amide bonds. The molecule has 7 nitrogen and oxygen atoms in total. The Morgan fingerprint density at radius 2 is 1.80 bits per heavy atom. The standard InChI is InChI=1S/C23H27N3O4/c1-29-20-9-8-17(16-21(20)30-2)12-14-24-22(27)10-11-23(28)26-15-13-19(25-26)18-6-4-3-5-7-18/h3-9,16H,10-15H2,1-2H3,(H,24,27). The third-order valence-corrected chi connectivity index (χ3v) is 4.95. The summed E-state index contributed by atoms with van der Waals surface area (Å²) in [5, 5.41) is 8.75. The van der Waals surface area contributed by atoms with E-state index in [1.54, 1.807) is 14.2 Å². The number of amides is 2. The maximum absolute atomic E-state index is 12.4. The van der Waals surface area contributed by atoms with Gasteiger partial charge in [0.25, 0.3) is 0 Å². The van der Waals surface area contributed by atoms with Gasteiger partial charge in [-0.2, -0.15) is 5.10 Å². The highest BCUT2D eigenvalue weighted by Crippen LogP contribution is 2.27. The number of rotatable bonds is 9. The maximum atomic E-state index is 12.4. The molecule has 30 heavy (non-hydrogen) atoms. The second-order valence-electron chi connectivity index (χ2n) is 6.97.